The normalized spacial score (nSPS) is 12.2. The van der Waals surface area contributed by atoms with Gasteiger partial charge < -0.3 is 14.8 Å². The molecule has 0 amide bonds. The Kier molecular flexibility index (Phi) is 6.08. The van der Waals surface area contributed by atoms with Crippen molar-refractivity contribution in [1.82, 2.24) is 5.32 Å². The van der Waals surface area contributed by atoms with Crippen molar-refractivity contribution >= 4 is 27.3 Å². The fourth-order valence-corrected chi connectivity index (χ4v) is 3.87. The number of ether oxygens (including phenoxy) is 2. The van der Waals surface area contributed by atoms with Gasteiger partial charge in [0.1, 0.15) is 11.5 Å². The summed E-state index contributed by atoms with van der Waals surface area (Å²) >= 11 is 5.32. The molecular weight excluding hydrogens is 350 g/mol. The van der Waals surface area contributed by atoms with E-state index in [0.29, 0.717) is 0 Å². The van der Waals surface area contributed by atoms with Gasteiger partial charge in [-0.1, -0.05) is 13.0 Å². The topological polar surface area (TPSA) is 30.5 Å². The van der Waals surface area contributed by atoms with Gasteiger partial charge in [0.2, 0.25) is 0 Å². The number of methoxy groups -OCH3 is 2. The first kappa shape index (κ1) is 16.3. The first-order valence-corrected chi connectivity index (χ1v) is 8.62. The molecule has 0 bridgehead atoms. The average Bonchev–Trinajstić information content (AvgIpc) is 2.93. The highest BCUT2D eigenvalue weighted by atomic mass is 79.9. The van der Waals surface area contributed by atoms with E-state index >= 15 is 0 Å². The lowest BCUT2D eigenvalue weighted by atomic mass is 9.98. The molecule has 0 aliphatic heterocycles. The summed E-state index contributed by atoms with van der Waals surface area (Å²) in [7, 11) is 3.38. The van der Waals surface area contributed by atoms with Crippen LogP contribution in [0.5, 0.6) is 11.5 Å². The quantitative estimate of drug-likeness (QED) is 0.772. The van der Waals surface area contributed by atoms with E-state index in [2.05, 4.69) is 38.9 Å². The fourth-order valence-electron chi connectivity index (χ4n) is 2.32. The summed E-state index contributed by atoms with van der Waals surface area (Å²) in [5.74, 6) is 1.67. The molecule has 5 heteroatoms. The number of hydrogen-bond donors (Lipinski definition) is 1. The number of rotatable bonds is 7. The third-order valence-corrected chi connectivity index (χ3v) is 5.06. The Bertz CT molecular complexity index is 563. The Hall–Kier alpha value is -1.04. The SMILES string of the molecule is CCCNC(c1cscc1Br)c1c(OC)cccc1OC. The fraction of sp³-hybridized carbons (Fsp3) is 0.375. The van der Waals surface area contributed by atoms with Gasteiger partial charge in [-0.3, -0.25) is 0 Å². The van der Waals surface area contributed by atoms with Gasteiger partial charge in [0.05, 0.1) is 25.8 Å². The Morgan fingerprint density at radius 2 is 1.86 bits per heavy atom. The van der Waals surface area contributed by atoms with Crippen LogP contribution in [0.1, 0.15) is 30.5 Å². The molecule has 1 atom stereocenters. The van der Waals surface area contributed by atoms with Crippen LogP contribution >= 0.6 is 27.3 Å². The predicted molar refractivity (Wildman–Crippen MR) is 91.7 cm³/mol. The number of benzene rings is 1. The van der Waals surface area contributed by atoms with E-state index in [4.69, 9.17) is 9.47 Å². The summed E-state index contributed by atoms with van der Waals surface area (Å²) in [6.07, 6.45) is 1.07. The van der Waals surface area contributed by atoms with Crippen LogP contribution in [-0.2, 0) is 0 Å². The molecule has 0 spiro atoms. The number of thiophene rings is 1. The molecule has 2 aromatic rings. The third kappa shape index (κ3) is 3.59. The van der Waals surface area contributed by atoms with Crippen molar-refractivity contribution < 1.29 is 9.47 Å². The van der Waals surface area contributed by atoms with Gasteiger partial charge in [-0.15, -0.1) is 0 Å². The van der Waals surface area contributed by atoms with Crippen LogP contribution in [0.25, 0.3) is 0 Å². The Balaban J connectivity index is 2.53. The van der Waals surface area contributed by atoms with Crippen LogP contribution in [0.15, 0.2) is 33.4 Å². The highest BCUT2D eigenvalue weighted by Crippen LogP contribution is 2.40. The third-order valence-electron chi connectivity index (χ3n) is 3.31. The standard InChI is InChI=1S/C16H20BrNO2S/c1-4-8-18-16(11-9-21-10-12(11)17)15-13(19-2)6-5-7-14(15)20-3/h5-7,9-10,16,18H,4,8H2,1-3H3. The molecule has 0 aliphatic rings. The molecule has 1 heterocycles. The predicted octanol–water partition coefficient (Wildman–Crippen LogP) is 4.62. The van der Waals surface area contributed by atoms with Crippen LogP contribution in [-0.4, -0.2) is 20.8 Å². The van der Waals surface area contributed by atoms with Crippen LogP contribution in [0.4, 0.5) is 0 Å². The second kappa shape index (κ2) is 7.82. The van der Waals surface area contributed by atoms with Gasteiger partial charge in [0.25, 0.3) is 0 Å². The zero-order chi connectivity index (χ0) is 15.2. The lowest BCUT2D eigenvalue weighted by Crippen LogP contribution is -2.24. The van der Waals surface area contributed by atoms with E-state index < -0.39 is 0 Å². The van der Waals surface area contributed by atoms with E-state index in [1.54, 1.807) is 25.6 Å². The molecule has 1 unspecified atom stereocenters. The van der Waals surface area contributed by atoms with Gasteiger partial charge in [0.15, 0.2) is 0 Å². The van der Waals surface area contributed by atoms with Gasteiger partial charge in [-0.25, -0.2) is 0 Å². The number of halogens is 1. The maximum atomic E-state index is 5.55. The number of hydrogen-bond acceptors (Lipinski definition) is 4. The molecular formula is C16H20BrNO2S. The maximum Gasteiger partial charge on any atom is 0.127 e. The van der Waals surface area contributed by atoms with Gasteiger partial charge in [-0.05, 0) is 52.0 Å². The van der Waals surface area contributed by atoms with E-state index in [1.807, 2.05) is 18.2 Å². The Morgan fingerprint density at radius 3 is 2.33 bits per heavy atom. The van der Waals surface area contributed by atoms with Crippen molar-refractivity contribution in [2.45, 2.75) is 19.4 Å². The zero-order valence-corrected chi connectivity index (χ0v) is 14.9. The highest BCUT2D eigenvalue weighted by molar-refractivity contribution is 9.10. The van der Waals surface area contributed by atoms with E-state index in [9.17, 15) is 0 Å². The lowest BCUT2D eigenvalue weighted by Gasteiger charge is -2.23. The molecule has 0 fully saturated rings. The second-order valence-corrected chi connectivity index (χ2v) is 6.24. The molecule has 2 rings (SSSR count). The van der Waals surface area contributed by atoms with Crippen molar-refractivity contribution in [2.75, 3.05) is 20.8 Å². The minimum Gasteiger partial charge on any atom is -0.496 e. The van der Waals surface area contributed by atoms with Crippen molar-refractivity contribution in [1.29, 1.82) is 0 Å². The minimum atomic E-state index is 0.0386. The Labute approximate surface area is 138 Å². The summed E-state index contributed by atoms with van der Waals surface area (Å²) < 4.78 is 12.2. The van der Waals surface area contributed by atoms with E-state index in [-0.39, 0.29) is 6.04 Å². The molecule has 3 nitrogen and oxygen atoms in total. The molecule has 1 aromatic carbocycles. The molecule has 114 valence electrons. The van der Waals surface area contributed by atoms with Crippen molar-refractivity contribution in [3.63, 3.8) is 0 Å². The molecule has 0 saturated heterocycles. The molecule has 1 aromatic heterocycles. The van der Waals surface area contributed by atoms with Crippen LogP contribution in [0.3, 0.4) is 0 Å². The largest absolute Gasteiger partial charge is 0.496 e. The van der Waals surface area contributed by atoms with Crippen molar-refractivity contribution in [3.8, 4) is 11.5 Å². The van der Waals surface area contributed by atoms with E-state index in [0.717, 1.165) is 34.5 Å². The summed E-state index contributed by atoms with van der Waals surface area (Å²) in [5.41, 5.74) is 2.24. The van der Waals surface area contributed by atoms with Crippen LogP contribution in [0.2, 0.25) is 0 Å². The number of nitrogens with one attached hydrogen (secondary N) is 1. The van der Waals surface area contributed by atoms with Crippen LogP contribution < -0.4 is 14.8 Å². The second-order valence-electron chi connectivity index (χ2n) is 4.64. The molecule has 0 aliphatic carbocycles. The maximum absolute atomic E-state index is 5.55. The molecule has 0 saturated carbocycles. The lowest BCUT2D eigenvalue weighted by molar-refractivity contribution is 0.376. The molecule has 21 heavy (non-hydrogen) atoms. The first-order valence-electron chi connectivity index (χ1n) is 6.88. The van der Waals surface area contributed by atoms with Gasteiger partial charge in [0, 0.05) is 9.85 Å². The molecule has 0 radical (unpaired) electrons. The van der Waals surface area contributed by atoms with Crippen molar-refractivity contribution in [2.24, 2.45) is 0 Å². The summed E-state index contributed by atoms with van der Waals surface area (Å²) in [6, 6.07) is 5.93. The smallest absolute Gasteiger partial charge is 0.127 e. The molecule has 1 N–H and O–H groups in total. The minimum absolute atomic E-state index is 0.0386. The highest BCUT2D eigenvalue weighted by Gasteiger charge is 2.24. The van der Waals surface area contributed by atoms with Gasteiger partial charge in [-0.2, -0.15) is 11.3 Å². The van der Waals surface area contributed by atoms with Crippen molar-refractivity contribution in [3.05, 3.63) is 44.6 Å². The first-order chi connectivity index (χ1) is 10.2. The monoisotopic (exact) mass is 369 g/mol. The van der Waals surface area contributed by atoms with Crippen LogP contribution in [0, 0.1) is 0 Å². The summed E-state index contributed by atoms with van der Waals surface area (Å²) in [6.45, 7) is 3.08. The summed E-state index contributed by atoms with van der Waals surface area (Å²) in [5, 5.41) is 7.85. The van der Waals surface area contributed by atoms with Gasteiger partial charge >= 0.3 is 0 Å². The zero-order valence-electron chi connectivity index (χ0n) is 12.5. The Morgan fingerprint density at radius 1 is 1.19 bits per heavy atom. The average molecular weight is 370 g/mol. The van der Waals surface area contributed by atoms with E-state index in [1.165, 1.54) is 5.56 Å². The summed E-state index contributed by atoms with van der Waals surface area (Å²) in [4.78, 5) is 0.